The van der Waals surface area contributed by atoms with E-state index in [1.165, 1.54) is 5.56 Å². The lowest BCUT2D eigenvalue weighted by Gasteiger charge is -2.14. The zero-order chi connectivity index (χ0) is 9.19. The minimum absolute atomic E-state index is 0.416. The third-order valence-electron chi connectivity index (χ3n) is 1.66. The molecule has 1 aromatic rings. The molecule has 1 heterocycles. The Bertz CT molecular complexity index is 321. The van der Waals surface area contributed by atoms with Gasteiger partial charge in [-0.15, -0.1) is 11.3 Å². The standard InChI is InChI=1S/C9H11NOS/c1-7-4-8(12-5-7)9(2,3)10-6-11/h4-5H,1-3H3. The van der Waals surface area contributed by atoms with E-state index in [0.29, 0.717) is 0 Å². The lowest BCUT2D eigenvalue weighted by atomic mass is 10.0. The molecule has 0 amide bonds. The van der Waals surface area contributed by atoms with Crippen LogP contribution in [0.5, 0.6) is 0 Å². The normalized spacial score (nSPS) is 10.9. The van der Waals surface area contributed by atoms with Gasteiger partial charge in [0, 0.05) is 4.88 Å². The van der Waals surface area contributed by atoms with Crippen LogP contribution in [0.3, 0.4) is 0 Å². The van der Waals surface area contributed by atoms with E-state index in [2.05, 4.69) is 10.4 Å². The molecule has 0 aromatic carbocycles. The molecule has 0 aliphatic rings. The molecular weight excluding hydrogens is 170 g/mol. The van der Waals surface area contributed by atoms with Gasteiger partial charge in [0.25, 0.3) is 0 Å². The summed E-state index contributed by atoms with van der Waals surface area (Å²) in [5, 5.41) is 2.05. The SMILES string of the molecule is Cc1csc(C(C)(C)N=C=O)c1. The van der Waals surface area contributed by atoms with Crippen molar-refractivity contribution in [1.29, 1.82) is 0 Å². The van der Waals surface area contributed by atoms with Crippen LogP contribution in [0, 0.1) is 6.92 Å². The molecule has 0 fully saturated rings. The molecule has 0 radical (unpaired) electrons. The number of isocyanates is 1. The highest BCUT2D eigenvalue weighted by molar-refractivity contribution is 7.10. The quantitative estimate of drug-likeness (QED) is 0.509. The van der Waals surface area contributed by atoms with Crippen molar-refractivity contribution in [2.45, 2.75) is 26.3 Å². The van der Waals surface area contributed by atoms with Crippen LogP contribution in [0.4, 0.5) is 0 Å². The Morgan fingerprint density at radius 1 is 1.58 bits per heavy atom. The molecule has 0 saturated heterocycles. The van der Waals surface area contributed by atoms with Gasteiger partial charge in [0.2, 0.25) is 6.08 Å². The van der Waals surface area contributed by atoms with Crippen molar-refractivity contribution in [2.24, 2.45) is 4.99 Å². The van der Waals surface area contributed by atoms with Gasteiger partial charge >= 0.3 is 0 Å². The minimum atomic E-state index is -0.416. The number of nitrogens with zero attached hydrogens (tertiary/aromatic N) is 1. The number of thiophene rings is 1. The molecule has 0 bridgehead atoms. The van der Waals surface area contributed by atoms with E-state index in [1.54, 1.807) is 17.4 Å². The molecule has 0 aliphatic heterocycles. The van der Waals surface area contributed by atoms with Gasteiger partial charge in [-0.2, -0.15) is 4.99 Å². The maximum atomic E-state index is 10.1. The Labute approximate surface area is 76.0 Å². The summed E-state index contributed by atoms with van der Waals surface area (Å²) in [6, 6.07) is 2.05. The molecule has 1 rings (SSSR count). The Balaban J connectivity index is 3.04. The topological polar surface area (TPSA) is 29.4 Å². The summed E-state index contributed by atoms with van der Waals surface area (Å²) in [7, 11) is 0. The summed E-state index contributed by atoms with van der Waals surface area (Å²) in [4.78, 5) is 15.0. The Morgan fingerprint density at radius 2 is 2.25 bits per heavy atom. The van der Waals surface area contributed by atoms with Crippen molar-refractivity contribution in [3.05, 3.63) is 21.9 Å². The van der Waals surface area contributed by atoms with Crippen LogP contribution in [-0.2, 0) is 10.3 Å². The van der Waals surface area contributed by atoms with Crippen molar-refractivity contribution in [2.75, 3.05) is 0 Å². The number of hydrogen-bond donors (Lipinski definition) is 0. The van der Waals surface area contributed by atoms with Crippen molar-refractivity contribution in [3.8, 4) is 0 Å². The van der Waals surface area contributed by atoms with Gasteiger partial charge in [-0.25, -0.2) is 4.79 Å². The first-order chi connectivity index (χ1) is 5.56. The highest BCUT2D eigenvalue weighted by atomic mass is 32.1. The smallest absolute Gasteiger partial charge is 0.211 e. The molecule has 2 nitrogen and oxygen atoms in total. The average Bonchev–Trinajstić information content (AvgIpc) is 2.36. The van der Waals surface area contributed by atoms with Crippen molar-refractivity contribution in [3.63, 3.8) is 0 Å². The van der Waals surface area contributed by atoms with Gasteiger partial charge in [-0.05, 0) is 37.8 Å². The van der Waals surface area contributed by atoms with E-state index in [1.807, 2.05) is 26.8 Å². The average molecular weight is 181 g/mol. The van der Waals surface area contributed by atoms with Crippen molar-refractivity contribution < 1.29 is 4.79 Å². The largest absolute Gasteiger partial charge is 0.235 e. The second-order valence-corrected chi connectivity index (χ2v) is 4.16. The van der Waals surface area contributed by atoms with Crippen LogP contribution < -0.4 is 0 Å². The maximum Gasteiger partial charge on any atom is 0.235 e. The number of carbonyl (C=O) groups excluding carboxylic acids is 1. The van der Waals surface area contributed by atoms with Crippen molar-refractivity contribution >= 4 is 17.4 Å². The predicted octanol–water partition coefficient (Wildman–Crippen LogP) is 2.63. The lowest BCUT2D eigenvalue weighted by molar-refractivity contribution is 0.528. The number of hydrogen-bond acceptors (Lipinski definition) is 3. The van der Waals surface area contributed by atoms with E-state index in [9.17, 15) is 4.79 Å². The van der Waals surface area contributed by atoms with Gasteiger partial charge in [-0.1, -0.05) is 0 Å². The summed E-state index contributed by atoms with van der Waals surface area (Å²) < 4.78 is 0. The third kappa shape index (κ3) is 1.81. The molecule has 0 aliphatic carbocycles. The van der Waals surface area contributed by atoms with Crippen molar-refractivity contribution in [1.82, 2.24) is 0 Å². The van der Waals surface area contributed by atoms with Crippen LogP contribution in [0.2, 0.25) is 0 Å². The van der Waals surface area contributed by atoms with Crippen LogP contribution in [-0.4, -0.2) is 6.08 Å². The lowest BCUT2D eigenvalue weighted by Crippen LogP contribution is -2.10. The van der Waals surface area contributed by atoms with E-state index in [-0.39, 0.29) is 0 Å². The van der Waals surface area contributed by atoms with Gasteiger partial charge in [-0.3, -0.25) is 0 Å². The second kappa shape index (κ2) is 3.21. The molecule has 64 valence electrons. The molecule has 0 saturated carbocycles. The Morgan fingerprint density at radius 3 is 2.67 bits per heavy atom. The summed E-state index contributed by atoms with van der Waals surface area (Å²) in [6.45, 7) is 5.84. The van der Waals surface area contributed by atoms with Crippen LogP contribution in [0.1, 0.15) is 24.3 Å². The fourth-order valence-corrected chi connectivity index (χ4v) is 1.89. The zero-order valence-corrected chi connectivity index (χ0v) is 8.23. The minimum Gasteiger partial charge on any atom is -0.211 e. The third-order valence-corrected chi connectivity index (χ3v) is 3.02. The van der Waals surface area contributed by atoms with E-state index in [4.69, 9.17) is 0 Å². The number of aliphatic imine (C=N–C) groups is 1. The molecule has 1 aromatic heterocycles. The molecule has 12 heavy (non-hydrogen) atoms. The van der Waals surface area contributed by atoms with Gasteiger partial charge in [0.1, 0.15) is 5.54 Å². The van der Waals surface area contributed by atoms with E-state index >= 15 is 0 Å². The fourth-order valence-electron chi connectivity index (χ4n) is 0.921. The molecular formula is C9H11NOS. The van der Waals surface area contributed by atoms with Crippen LogP contribution >= 0.6 is 11.3 Å². The monoisotopic (exact) mass is 181 g/mol. The zero-order valence-electron chi connectivity index (χ0n) is 7.42. The van der Waals surface area contributed by atoms with Gasteiger partial charge < -0.3 is 0 Å². The van der Waals surface area contributed by atoms with Crippen LogP contribution in [0.15, 0.2) is 16.4 Å². The Kier molecular flexibility index (Phi) is 2.46. The predicted molar refractivity (Wildman–Crippen MR) is 50.2 cm³/mol. The second-order valence-electron chi connectivity index (χ2n) is 3.25. The molecule has 3 heteroatoms. The number of rotatable bonds is 2. The van der Waals surface area contributed by atoms with E-state index < -0.39 is 5.54 Å². The fraction of sp³-hybridized carbons (Fsp3) is 0.444. The summed E-state index contributed by atoms with van der Waals surface area (Å²) in [5.41, 5.74) is 0.796. The first-order valence-electron chi connectivity index (χ1n) is 3.71. The molecule has 0 spiro atoms. The first kappa shape index (κ1) is 9.17. The van der Waals surface area contributed by atoms with Crippen LogP contribution in [0.25, 0.3) is 0 Å². The molecule has 0 unspecified atom stereocenters. The Hall–Kier alpha value is -0.920. The maximum absolute atomic E-state index is 10.1. The first-order valence-corrected chi connectivity index (χ1v) is 4.59. The van der Waals surface area contributed by atoms with Gasteiger partial charge in [0.05, 0.1) is 0 Å². The summed E-state index contributed by atoms with van der Waals surface area (Å²) in [6.07, 6.45) is 1.60. The highest BCUT2D eigenvalue weighted by Gasteiger charge is 2.20. The van der Waals surface area contributed by atoms with Gasteiger partial charge in [0.15, 0.2) is 0 Å². The summed E-state index contributed by atoms with van der Waals surface area (Å²) >= 11 is 1.62. The summed E-state index contributed by atoms with van der Waals surface area (Å²) in [5.74, 6) is 0. The van der Waals surface area contributed by atoms with E-state index in [0.717, 1.165) is 4.88 Å². The highest BCUT2D eigenvalue weighted by Crippen LogP contribution is 2.29. The molecule has 0 atom stereocenters. The molecule has 0 N–H and O–H groups in total. The number of aryl methyl sites for hydroxylation is 1.